The van der Waals surface area contributed by atoms with Gasteiger partial charge in [0.1, 0.15) is 0 Å². The van der Waals surface area contributed by atoms with Crippen LogP contribution in [0.5, 0.6) is 0 Å². The molecule has 1 aromatic carbocycles. The molecule has 4 rings (SSSR count). The summed E-state index contributed by atoms with van der Waals surface area (Å²) in [6.45, 7) is 6.29. The van der Waals surface area contributed by atoms with Gasteiger partial charge in [-0.1, -0.05) is 42.1 Å². The second kappa shape index (κ2) is 7.75. The fourth-order valence-corrected chi connectivity index (χ4v) is 4.19. The molecule has 1 aliphatic heterocycles. The predicted octanol–water partition coefficient (Wildman–Crippen LogP) is 1.83. The SMILES string of the molecule is CC(Sc1nnnn1C1CC1)C(=O)N1CCN(Cc2ccccc2)CC1. The van der Waals surface area contributed by atoms with E-state index in [-0.39, 0.29) is 11.2 Å². The molecule has 1 saturated carbocycles. The first-order valence-electron chi connectivity index (χ1n) is 9.20. The lowest BCUT2D eigenvalue weighted by molar-refractivity contribution is -0.132. The Bertz CT molecular complexity index is 739. The molecule has 1 aliphatic carbocycles. The molecule has 8 heteroatoms. The van der Waals surface area contributed by atoms with E-state index in [9.17, 15) is 4.79 Å². The number of thioether (sulfide) groups is 1. The number of piperazine rings is 1. The zero-order chi connectivity index (χ0) is 17.9. The van der Waals surface area contributed by atoms with Crippen LogP contribution in [0.2, 0.25) is 0 Å². The van der Waals surface area contributed by atoms with Crippen molar-refractivity contribution in [2.75, 3.05) is 26.2 Å². The van der Waals surface area contributed by atoms with Gasteiger partial charge in [0.15, 0.2) is 0 Å². The van der Waals surface area contributed by atoms with E-state index in [1.54, 1.807) is 0 Å². The van der Waals surface area contributed by atoms with Crippen molar-refractivity contribution in [3.63, 3.8) is 0 Å². The molecule has 1 atom stereocenters. The summed E-state index contributed by atoms with van der Waals surface area (Å²) in [6, 6.07) is 10.9. The van der Waals surface area contributed by atoms with Crippen LogP contribution >= 0.6 is 11.8 Å². The van der Waals surface area contributed by atoms with Crippen LogP contribution in [-0.2, 0) is 11.3 Å². The van der Waals surface area contributed by atoms with Gasteiger partial charge in [-0.3, -0.25) is 9.69 Å². The molecule has 1 unspecified atom stereocenters. The summed E-state index contributed by atoms with van der Waals surface area (Å²) in [5, 5.41) is 12.5. The van der Waals surface area contributed by atoms with Crippen LogP contribution in [0.3, 0.4) is 0 Å². The average Bonchev–Trinajstić information content (AvgIpc) is 3.42. The lowest BCUT2D eigenvalue weighted by Crippen LogP contribution is -2.50. The fourth-order valence-electron chi connectivity index (χ4n) is 3.24. The van der Waals surface area contributed by atoms with Gasteiger partial charge in [0.05, 0.1) is 11.3 Å². The van der Waals surface area contributed by atoms with E-state index in [0.717, 1.165) is 50.7 Å². The number of benzene rings is 1. The molecule has 1 saturated heterocycles. The first kappa shape index (κ1) is 17.5. The molecular weight excluding hydrogens is 348 g/mol. The highest BCUT2D eigenvalue weighted by atomic mass is 32.2. The smallest absolute Gasteiger partial charge is 0.235 e. The van der Waals surface area contributed by atoms with Gasteiger partial charge in [0, 0.05) is 32.7 Å². The van der Waals surface area contributed by atoms with Crippen molar-refractivity contribution in [1.82, 2.24) is 30.0 Å². The molecule has 2 aliphatic rings. The van der Waals surface area contributed by atoms with Crippen molar-refractivity contribution in [2.24, 2.45) is 0 Å². The van der Waals surface area contributed by atoms with E-state index in [4.69, 9.17) is 0 Å². The number of rotatable bonds is 6. The minimum atomic E-state index is -0.167. The predicted molar refractivity (Wildman–Crippen MR) is 99.7 cm³/mol. The number of tetrazole rings is 1. The van der Waals surface area contributed by atoms with Crippen molar-refractivity contribution in [1.29, 1.82) is 0 Å². The summed E-state index contributed by atoms with van der Waals surface area (Å²) in [4.78, 5) is 17.2. The Balaban J connectivity index is 1.28. The molecule has 26 heavy (non-hydrogen) atoms. The summed E-state index contributed by atoms with van der Waals surface area (Å²) in [5.41, 5.74) is 1.32. The van der Waals surface area contributed by atoms with Gasteiger partial charge in [-0.15, -0.1) is 5.10 Å². The van der Waals surface area contributed by atoms with Crippen LogP contribution in [0.1, 0.15) is 31.4 Å². The first-order chi connectivity index (χ1) is 12.7. The molecule has 2 heterocycles. The summed E-state index contributed by atoms with van der Waals surface area (Å²) in [6.07, 6.45) is 2.26. The van der Waals surface area contributed by atoms with Crippen LogP contribution in [0.25, 0.3) is 0 Å². The summed E-state index contributed by atoms with van der Waals surface area (Å²) in [7, 11) is 0. The summed E-state index contributed by atoms with van der Waals surface area (Å²) < 4.78 is 1.87. The number of nitrogens with zero attached hydrogens (tertiary/aromatic N) is 6. The topological polar surface area (TPSA) is 67.2 Å². The summed E-state index contributed by atoms with van der Waals surface area (Å²) in [5.74, 6) is 0.180. The van der Waals surface area contributed by atoms with Crippen molar-refractivity contribution < 1.29 is 4.79 Å². The van der Waals surface area contributed by atoms with Crippen molar-refractivity contribution in [3.05, 3.63) is 35.9 Å². The number of carbonyl (C=O) groups excluding carboxylic acids is 1. The zero-order valence-corrected chi connectivity index (χ0v) is 15.8. The third kappa shape index (κ3) is 4.07. The quantitative estimate of drug-likeness (QED) is 0.721. The molecule has 1 amide bonds. The largest absolute Gasteiger partial charge is 0.339 e. The molecule has 1 aromatic heterocycles. The number of amides is 1. The van der Waals surface area contributed by atoms with Gasteiger partial charge in [0.2, 0.25) is 11.1 Å². The Morgan fingerprint density at radius 2 is 1.92 bits per heavy atom. The Labute approximate surface area is 157 Å². The molecular formula is C18H24N6OS. The lowest BCUT2D eigenvalue weighted by Gasteiger charge is -2.35. The number of hydrogen-bond acceptors (Lipinski definition) is 6. The van der Waals surface area contributed by atoms with Gasteiger partial charge < -0.3 is 4.90 Å². The van der Waals surface area contributed by atoms with Crippen molar-refractivity contribution >= 4 is 17.7 Å². The minimum absolute atomic E-state index is 0.167. The Hall–Kier alpha value is -1.93. The van der Waals surface area contributed by atoms with E-state index >= 15 is 0 Å². The van der Waals surface area contributed by atoms with E-state index in [0.29, 0.717) is 6.04 Å². The second-order valence-electron chi connectivity index (χ2n) is 6.98. The highest BCUT2D eigenvalue weighted by Crippen LogP contribution is 2.37. The maximum absolute atomic E-state index is 12.8. The molecule has 0 radical (unpaired) electrons. The Morgan fingerprint density at radius 3 is 2.62 bits per heavy atom. The molecule has 2 fully saturated rings. The monoisotopic (exact) mass is 372 g/mol. The van der Waals surface area contributed by atoms with E-state index in [2.05, 4.69) is 44.7 Å². The van der Waals surface area contributed by atoms with Crippen LogP contribution in [0.15, 0.2) is 35.5 Å². The summed E-state index contributed by atoms with van der Waals surface area (Å²) >= 11 is 1.47. The molecule has 0 N–H and O–H groups in total. The molecule has 2 aromatic rings. The van der Waals surface area contributed by atoms with Gasteiger partial charge in [0.25, 0.3) is 0 Å². The van der Waals surface area contributed by atoms with Gasteiger partial charge in [-0.25, -0.2) is 4.68 Å². The number of hydrogen-bond donors (Lipinski definition) is 0. The molecule has 138 valence electrons. The maximum atomic E-state index is 12.8. The third-order valence-corrected chi connectivity index (χ3v) is 5.95. The first-order valence-corrected chi connectivity index (χ1v) is 10.1. The zero-order valence-electron chi connectivity index (χ0n) is 15.0. The van der Waals surface area contributed by atoms with Gasteiger partial charge in [-0.2, -0.15) is 0 Å². The molecule has 7 nitrogen and oxygen atoms in total. The van der Waals surface area contributed by atoms with Crippen LogP contribution < -0.4 is 0 Å². The minimum Gasteiger partial charge on any atom is -0.339 e. The third-order valence-electron chi connectivity index (χ3n) is 4.92. The van der Waals surface area contributed by atoms with Crippen molar-refractivity contribution in [2.45, 2.75) is 42.8 Å². The molecule has 0 spiro atoms. The normalized spacial score (nSPS) is 19.5. The average molecular weight is 372 g/mol. The van der Waals surface area contributed by atoms with Gasteiger partial charge in [-0.05, 0) is 35.8 Å². The van der Waals surface area contributed by atoms with Gasteiger partial charge >= 0.3 is 0 Å². The highest BCUT2D eigenvalue weighted by molar-refractivity contribution is 8.00. The van der Waals surface area contributed by atoms with Crippen molar-refractivity contribution in [3.8, 4) is 0 Å². The number of carbonyl (C=O) groups is 1. The van der Waals surface area contributed by atoms with Crippen LogP contribution in [-0.4, -0.2) is 67.3 Å². The Kier molecular flexibility index (Phi) is 5.21. The fraction of sp³-hybridized carbons (Fsp3) is 0.556. The highest BCUT2D eigenvalue weighted by Gasteiger charge is 2.31. The van der Waals surface area contributed by atoms with E-state index in [1.165, 1.54) is 17.3 Å². The van der Waals surface area contributed by atoms with Crippen LogP contribution in [0, 0.1) is 0 Å². The van der Waals surface area contributed by atoms with Crippen LogP contribution in [0.4, 0.5) is 0 Å². The standard InChI is InChI=1S/C18H24N6OS/c1-14(26-18-19-20-21-24(18)16-7-8-16)17(25)23-11-9-22(10-12-23)13-15-5-3-2-4-6-15/h2-6,14,16H,7-13H2,1H3. The number of aromatic nitrogens is 4. The Morgan fingerprint density at radius 1 is 1.19 bits per heavy atom. The maximum Gasteiger partial charge on any atom is 0.235 e. The lowest BCUT2D eigenvalue weighted by atomic mass is 10.2. The van der Waals surface area contributed by atoms with E-state index < -0.39 is 0 Å². The molecule has 0 bridgehead atoms. The van der Waals surface area contributed by atoms with E-state index in [1.807, 2.05) is 22.6 Å². The second-order valence-corrected chi connectivity index (χ2v) is 8.29.